The van der Waals surface area contributed by atoms with Gasteiger partial charge in [0.1, 0.15) is 6.10 Å². The molecule has 0 unspecified atom stereocenters. The van der Waals surface area contributed by atoms with Gasteiger partial charge >= 0.3 is 0 Å². The fourth-order valence-corrected chi connectivity index (χ4v) is 4.78. The largest absolute Gasteiger partial charge is 0.474 e. The maximum atomic E-state index is 9.93. The van der Waals surface area contributed by atoms with Crippen LogP contribution in [0.5, 0.6) is 5.88 Å². The van der Waals surface area contributed by atoms with E-state index in [9.17, 15) is 5.11 Å². The van der Waals surface area contributed by atoms with E-state index in [0.29, 0.717) is 23.8 Å². The summed E-state index contributed by atoms with van der Waals surface area (Å²) in [6.07, 6.45) is 10.1. The van der Waals surface area contributed by atoms with Gasteiger partial charge in [-0.3, -0.25) is 0 Å². The number of hydrogen-bond acceptors (Lipinski definition) is 8. The minimum absolute atomic E-state index is 0.118. The van der Waals surface area contributed by atoms with Crippen molar-refractivity contribution in [2.24, 2.45) is 0 Å². The van der Waals surface area contributed by atoms with E-state index in [1.807, 2.05) is 12.4 Å². The molecule has 3 N–H and O–H groups in total. The summed E-state index contributed by atoms with van der Waals surface area (Å²) >= 11 is 0. The molecule has 2 aromatic rings. The summed E-state index contributed by atoms with van der Waals surface area (Å²) in [7, 11) is 0. The van der Waals surface area contributed by atoms with E-state index >= 15 is 0 Å². The number of hydrogen-bond donors (Lipinski definition) is 3. The molecule has 2 aliphatic heterocycles. The first-order chi connectivity index (χ1) is 14.8. The second-order valence-electron chi connectivity index (χ2n) is 8.74. The highest BCUT2D eigenvalue weighted by molar-refractivity contribution is 5.86. The van der Waals surface area contributed by atoms with Gasteiger partial charge in [0, 0.05) is 43.4 Å². The lowest BCUT2D eigenvalue weighted by molar-refractivity contribution is 0.0244. The predicted octanol–water partition coefficient (Wildman–Crippen LogP) is 2.37. The Bertz CT molecular complexity index is 859. The van der Waals surface area contributed by atoms with Gasteiger partial charge in [0.25, 0.3) is 0 Å². The van der Waals surface area contributed by atoms with Crippen LogP contribution in [-0.4, -0.2) is 64.6 Å². The van der Waals surface area contributed by atoms with Crippen LogP contribution in [0.1, 0.15) is 56.4 Å². The number of nitrogens with zero attached hydrogens (tertiary/aromatic N) is 3. The molecule has 8 heteroatoms. The third-order valence-corrected chi connectivity index (χ3v) is 6.59. The number of aromatic nitrogens is 3. The number of pyridine rings is 1. The molecule has 1 aliphatic carbocycles. The van der Waals surface area contributed by atoms with Crippen LogP contribution in [0.2, 0.25) is 0 Å². The summed E-state index contributed by atoms with van der Waals surface area (Å²) < 4.78 is 11.7. The Hall–Kier alpha value is -2.03. The maximum absolute atomic E-state index is 9.93. The summed E-state index contributed by atoms with van der Waals surface area (Å²) in [5.74, 6) is 1.64. The first-order valence-electron chi connectivity index (χ1n) is 11.3. The van der Waals surface area contributed by atoms with Gasteiger partial charge in [0.05, 0.1) is 30.2 Å². The quantitative estimate of drug-likeness (QED) is 0.687. The van der Waals surface area contributed by atoms with Crippen molar-refractivity contribution in [3.8, 4) is 5.88 Å². The van der Waals surface area contributed by atoms with E-state index in [4.69, 9.17) is 19.4 Å². The molecule has 3 aliphatic rings. The van der Waals surface area contributed by atoms with E-state index in [1.165, 1.54) is 0 Å². The zero-order valence-corrected chi connectivity index (χ0v) is 17.3. The summed E-state index contributed by atoms with van der Waals surface area (Å²) in [4.78, 5) is 14.2. The van der Waals surface area contributed by atoms with Crippen molar-refractivity contribution in [2.75, 3.05) is 31.6 Å². The fraction of sp³-hybridized carbons (Fsp3) is 0.682. The molecule has 2 aromatic heterocycles. The average molecular weight is 414 g/mol. The Morgan fingerprint density at radius 1 is 1.03 bits per heavy atom. The smallest absolute Gasteiger partial charge is 0.224 e. The lowest BCUT2D eigenvalue weighted by atomic mass is 9.83. The van der Waals surface area contributed by atoms with Gasteiger partial charge in [-0.05, 0) is 44.6 Å². The molecule has 0 bridgehead atoms. The van der Waals surface area contributed by atoms with Gasteiger partial charge < -0.3 is 25.2 Å². The molecule has 1 saturated carbocycles. The molecule has 2 saturated heterocycles. The van der Waals surface area contributed by atoms with Crippen LogP contribution in [-0.2, 0) is 4.74 Å². The Balaban J connectivity index is 1.47. The summed E-state index contributed by atoms with van der Waals surface area (Å²) in [6.45, 7) is 3.41. The van der Waals surface area contributed by atoms with Gasteiger partial charge in [-0.25, -0.2) is 15.0 Å². The molecule has 162 valence electrons. The molecule has 0 spiro atoms. The minimum atomic E-state index is -0.182. The first-order valence-corrected chi connectivity index (χ1v) is 11.3. The van der Waals surface area contributed by atoms with E-state index in [0.717, 1.165) is 87.7 Å². The molecular weight excluding hydrogens is 382 g/mol. The lowest BCUT2D eigenvalue weighted by Gasteiger charge is -2.27. The summed E-state index contributed by atoms with van der Waals surface area (Å²) in [5.41, 5.74) is 2.07. The molecule has 30 heavy (non-hydrogen) atoms. The number of fused-ring (bicyclic) bond motifs is 1. The number of rotatable bonds is 5. The second kappa shape index (κ2) is 8.99. The van der Waals surface area contributed by atoms with Crippen LogP contribution in [0, 0.1) is 0 Å². The molecule has 8 nitrogen and oxygen atoms in total. The van der Waals surface area contributed by atoms with E-state index in [-0.39, 0.29) is 12.2 Å². The standard InChI is InChI=1S/C22H31N5O3/c28-16-3-1-14(2-4-16)18-12-24-21(30-17-6-9-29-10-7-17)19-13-25-22(27-20(18)19)26-15-5-8-23-11-15/h12-17,23,28H,1-11H2,(H,25,26,27)/t14?,15-,16?/m0/s1. The van der Waals surface area contributed by atoms with Crippen LogP contribution in [0.4, 0.5) is 5.95 Å². The molecule has 5 rings (SSSR count). The normalized spacial score (nSPS) is 28.0. The number of nitrogens with one attached hydrogen (secondary N) is 2. The highest BCUT2D eigenvalue weighted by Gasteiger charge is 2.26. The number of aliphatic hydroxyl groups excluding tert-OH is 1. The van der Waals surface area contributed by atoms with Crippen LogP contribution in [0.15, 0.2) is 12.4 Å². The molecule has 0 aromatic carbocycles. The Morgan fingerprint density at radius 2 is 1.87 bits per heavy atom. The van der Waals surface area contributed by atoms with Crippen LogP contribution < -0.4 is 15.4 Å². The lowest BCUT2D eigenvalue weighted by Crippen LogP contribution is -2.26. The number of aliphatic hydroxyl groups is 1. The second-order valence-corrected chi connectivity index (χ2v) is 8.74. The highest BCUT2D eigenvalue weighted by atomic mass is 16.5. The predicted molar refractivity (Wildman–Crippen MR) is 114 cm³/mol. The van der Waals surface area contributed by atoms with Crippen molar-refractivity contribution in [1.82, 2.24) is 20.3 Å². The molecular formula is C22H31N5O3. The SMILES string of the molecule is OC1CCC(c2cnc(OC3CCOCC3)c3cnc(N[C@H]4CCNC4)nc23)CC1. The highest BCUT2D eigenvalue weighted by Crippen LogP contribution is 2.38. The van der Waals surface area contributed by atoms with Gasteiger partial charge in [-0.2, -0.15) is 0 Å². The van der Waals surface area contributed by atoms with E-state index < -0.39 is 0 Å². The number of anilines is 1. The monoisotopic (exact) mass is 413 g/mol. The van der Waals surface area contributed by atoms with Crippen molar-refractivity contribution < 1.29 is 14.6 Å². The van der Waals surface area contributed by atoms with Crippen LogP contribution >= 0.6 is 0 Å². The van der Waals surface area contributed by atoms with Crippen molar-refractivity contribution in [1.29, 1.82) is 0 Å². The molecule has 0 amide bonds. The third-order valence-electron chi connectivity index (χ3n) is 6.59. The van der Waals surface area contributed by atoms with E-state index in [1.54, 1.807) is 0 Å². The molecule has 3 fully saturated rings. The van der Waals surface area contributed by atoms with Gasteiger partial charge in [-0.15, -0.1) is 0 Å². The third kappa shape index (κ3) is 4.36. The summed E-state index contributed by atoms with van der Waals surface area (Å²) in [5, 5.41) is 17.6. The van der Waals surface area contributed by atoms with Gasteiger partial charge in [0.15, 0.2) is 0 Å². The van der Waals surface area contributed by atoms with Crippen molar-refractivity contribution in [2.45, 2.75) is 69.1 Å². The zero-order valence-electron chi connectivity index (χ0n) is 17.3. The minimum Gasteiger partial charge on any atom is -0.474 e. The zero-order chi connectivity index (χ0) is 20.3. The van der Waals surface area contributed by atoms with Crippen molar-refractivity contribution in [3.63, 3.8) is 0 Å². The van der Waals surface area contributed by atoms with Gasteiger partial charge in [0.2, 0.25) is 11.8 Å². The van der Waals surface area contributed by atoms with Crippen molar-refractivity contribution in [3.05, 3.63) is 18.0 Å². The number of ether oxygens (including phenoxy) is 2. The Labute approximate surface area is 176 Å². The van der Waals surface area contributed by atoms with Crippen LogP contribution in [0.3, 0.4) is 0 Å². The average Bonchev–Trinajstić information content (AvgIpc) is 3.28. The van der Waals surface area contributed by atoms with Crippen molar-refractivity contribution >= 4 is 16.9 Å². The van der Waals surface area contributed by atoms with Gasteiger partial charge in [-0.1, -0.05) is 0 Å². The maximum Gasteiger partial charge on any atom is 0.224 e. The molecule has 4 heterocycles. The van der Waals surface area contributed by atoms with E-state index in [2.05, 4.69) is 15.6 Å². The molecule has 0 radical (unpaired) electrons. The first kappa shape index (κ1) is 19.9. The summed E-state index contributed by atoms with van der Waals surface area (Å²) in [6, 6.07) is 0.357. The Kier molecular flexibility index (Phi) is 5.97. The van der Waals surface area contributed by atoms with Crippen LogP contribution in [0.25, 0.3) is 10.9 Å². The fourth-order valence-electron chi connectivity index (χ4n) is 4.78. The Morgan fingerprint density at radius 3 is 2.63 bits per heavy atom. The topological polar surface area (TPSA) is 101 Å². The molecule has 1 atom stereocenters.